The number of aromatic nitrogens is 1. The summed E-state index contributed by atoms with van der Waals surface area (Å²) in [4.78, 5) is 14.9. The summed E-state index contributed by atoms with van der Waals surface area (Å²) in [5.41, 5.74) is 6.99. The summed E-state index contributed by atoms with van der Waals surface area (Å²) >= 11 is 5.60. The van der Waals surface area contributed by atoms with E-state index in [1.165, 1.54) is 6.26 Å². The number of halogens is 1. The van der Waals surface area contributed by atoms with Crippen molar-refractivity contribution >= 4 is 29.2 Å². The summed E-state index contributed by atoms with van der Waals surface area (Å²) < 4.78 is 5.14. The average molecular weight is 252 g/mol. The van der Waals surface area contributed by atoms with Gasteiger partial charge in [0.25, 0.3) is 6.01 Å². The molecule has 6 heteroatoms. The Labute approximate surface area is 103 Å². The maximum absolute atomic E-state index is 10.9. The SMILES string of the molecule is NC(=O)c1ccc(Nc2nc(CCl)co2)cc1. The van der Waals surface area contributed by atoms with Gasteiger partial charge in [0.15, 0.2) is 0 Å². The molecule has 1 amide bonds. The maximum Gasteiger partial charge on any atom is 0.299 e. The van der Waals surface area contributed by atoms with E-state index in [-0.39, 0.29) is 0 Å². The second-order valence-electron chi connectivity index (χ2n) is 3.34. The van der Waals surface area contributed by atoms with Crippen molar-refractivity contribution in [2.75, 3.05) is 5.32 Å². The molecule has 0 saturated carbocycles. The van der Waals surface area contributed by atoms with Crippen molar-refractivity contribution in [3.63, 3.8) is 0 Å². The van der Waals surface area contributed by atoms with Crippen LogP contribution in [0.15, 0.2) is 34.9 Å². The highest BCUT2D eigenvalue weighted by atomic mass is 35.5. The Morgan fingerprint density at radius 1 is 1.41 bits per heavy atom. The summed E-state index contributed by atoms with van der Waals surface area (Å²) in [5.74, 6) is -0.164. The molecule has 2 rings (SSSR count). The molecule has 0 bridgehead atoms. The predicted molar refractivity (Wildman–Crippen MR) is 64.3 cm³/mol. The number of alkyl halides is 1. The number of rotatable bonds is 4. The smallest absolute Gasteiger partial charge is 0.299 e. The van der Waals surface area contributed by atoms with E-state index in [2.05, 4.69) is 10.3 Å². The quantitative estimate of drug-likeness (QED) is 0.817. The number of carbonyl (C=O) groups is 1. The van der Waals surface area contributed by atoms with Crippen molar-refractivity contribution in [3.05, 3.63) is 41.8 Å². The molecule has 0 fully saturated rings. The zero-order valence-electron chi connectivity index (χ0n) is 8.81. The molecule has 0 spiro atoms. The number of nitrogens with two attached hydrogens (primary N) is 1. The van der Waals surface area contributed by atoms with Crippen molar-refractivity contribution in [1.29, 1.82) is 0 Å². The number of amides is 1. The highest BCUT2D eigenvalue weighted by Crippen LogP contribution is 2.17. The van der Waals surface area contributed by atoms with Crippen molar-refractivity contribution in [1.82, 2.24) is 4.98 Å². The zero-order valence-corrected chi connectivity index (χ0v) is 9.57. The van der Waals surface area contributed by atoms with E-state index in [4.69, 9.17) is 21.8 Å². The molecule has 17 heavy (non-hydrogen) atoms. The van der Waals surface area contributed by atoms with Crippen LogP contribution in [0.5, 0.6) is 0 Å². The fourth-order valence-electron chi connectivity index (χ4n) is 1.27. The molecule has 0 aliphatic rings. The first-order valence-corrected chi connectivity index (χ1v) is 5.40. The third kappa shape index (κ3) is 2.76. The lowest BCUT2D eigenvalue weighted by Crippen LogP contribution is -2.10. The number of primary amides is 1. The molecule has 0 radical (unpaired) electrons. The molecule has 88 valence electrons. The third-order valence-electron chi connectivity index (χ3n) is 2.11. The van der Waals surface area contributed by atoms with Crippen LogP contribution in [0.4, 0.5) is 11.7 Å². The molecule has 0 atom stereocenters. The van der Waals surface area contributed by atoms with Gasteiger partial charge in [0.05, 0.1) is 11.6 Å². The van der Waals surface area contributed by atoms with Gasteiger partial charge in [0.1, 0.15) is 6.26 Å². The Hall–Kier alpha value is -2.01. The molecular weight excluding hydrogens is 242 g/mol. The van der Waals surface area contributed by atoms with Crippen LogP contribution in [0.1, 0.15) is 16.1 Å². The fraction of sp³-hybridized carbons (Fsp3) is 0.0909. The molecule has 1 heterocycles. The van der Waals surface area contributed by atoms with Gasteiger partial charge in [-0.15, -0.1) is 11.6 Å². The highest BCUT2D eigenvalue weighted by Gasteiger charge is 2.04. The van der Waals surface area contributed by atoms with Crippen LogP contribution in [0.2, 0.25) is 0 Å². The summed E-state index contributed by atoms with van der Waals surface area (Å²) in [6.07, 6.45) is 1.48. The van der Waals surface area contributed by atoms with Gasteiger partial charge < -0.3 is 15.5 Å². The Kier molecular flexibility index (Phi) is 3.30. The second kappa shape index (κ2) is 4.88. The first-order chi connectivity index (χ1) is 8.19. The van der Waals surface area contributed by atoms with Crippen LogP contribution in [0.25, 0.3) is 0 Å². The van der Waals surface area contributed by atoms with E-state index in [0.29, 0.717) is 23.2 Å². The Bertz CT molecular complexity index is 522. The topological polar surface area (TPSA) is 81.2 Å². The minimum Gasteiger partial charge on any atom is -0.432 e. The minimum absolute atomic E-state index is 0.297. The number of nitrogens with one attached hydrogen (secondary N) is 1. The van der Waals surface area contributed by atoms with Crippen molar-refractivity contribution in [2.45, 2.75) is 5.88 Å². The van der Waals surface area contributed by atoms with Crippen LogP contribution >= 0.6 is 11.6 Å². The van der Waals surface area contributed by atoms with Crippen molar-refractivity contribution in [3.8, 4) is 0 Å². The molecule has 0 saturated heterocycles. The van der Waals surface area contributed by atoms with Gasteiger partial charge in [0.2, 0.25) is 5.91 Å². The fourth-order valence-corrected chi connectivity index (χ4v) is 1.39. The summed E-state index contributed by atoms with van der Waals surface area (Å²) in [6.45, 7) is 0. The van der Waals surface area contributed by atoms with Crippen LogP contribution in [-0.4, -0.2) is 10.9 Å². The largest absolute Gasteiger partial charge is 0.432 e. The summed E-state index contributed by atoms with van der Waals surface area (Å²) in [5, 5.41) is 2.94. The molecule has 0 aliphatic heterocycles. The summed E-state index contributed by atoms with van der Waals surface area (Å²) in [7, 11) is 0. The van der Waals surface area contributed by atoms with Gasteiger partial charge in [-0.1, -0.05) is 0 Å². The predicted octanol–water partition coefficient (Wildman–Crippen LogP) is 2.26. The number of anilines is 2. The average Bonchev–Trinajstić information content (AvgIpc) is 2.77. The molecule has 5 nitrogen and oxygen atoms in total. The molecule has 0 aliphatic carbocycles. The summed E-state index contributed by atoms with van der Waals surface area (Å²) in [6, 6.07) is 7.02. The lowest BCUT2D eigenvalue weighted by Gasteiger charge is -2.01. The van der Waals surface area contributed by atoms with Crippen molar-refractivity contribution in [2.24, 2.45) is 5.73 Å². The number of nitrogens with zero attached hydrogens (tertiary/aromatic N) is 1. The standard InChI is InChI=1S/C11H10ClN3O2/c12-5-9-6-17-11(15-9)14-8-3-1-7(2-4-8)10(13)16/h1-4,6H,5H2,(H2,13,16)(H,14,15). The molecule has 1 aromatic carbocycles. The second-order valence-corrected chi connectivity index (χ2v) is 3.61. The van der Waals surface area contributed by atoms with Gasteiger partial charge in [-0.3, -0.25) is 4.79 Å². The van der Waals surface area contributed by atoms with Gasteiger partial charge in [-0.2, -0.15) is 4.98 Å². The number of oxazole rings is 1. The normalized spacial score (nSPS) is 10.2. The van der Waals surface area contributed by atoms with Gasteiger partial charge in [-0.05, 0) is 24.3 Å². The highest BCUT2D eigenvalue weighted by molar-refractivity contribution is 6.16. The van der Waals surface area contributed by atoms with E-state index >= 15 is 0 Å². The Morgan fingerprint density at radius 3 is 2.65 bits per heavy atom. The van der Waals surface area contributed by atoms with Gasteiger partial charge in [-0.25, -0.2) is 0 Å². The van der Waals surface area contributed by atoms with E-state index in [9.17, 15) is 4.79 Å². The van der Waals surface area contributed by atoms with E-state index in [1.54, 1.807) is 24.3 Å². The lowest BCUT2D eigenvalue weighted by atomic mass is 10.2. The molecule has 3 N–H and O–H groups in total. The zero-order chi connectivity index (χ0) is 12.3. The van der Waals surface area contributed by atoms with Crippen LogP contribution in [0, 0.1) is 0 Å². The van der Waals surface area contributed by atoms with E-state index in [1.807, 2.05) is 0 Å². The molecular formula is C11H10ClN3O2. The third-order valence-corrected chi connectivity index (χ3v) is 2.38. The van der Waals surface area contributed by atoms with Gasteiger partial charge >= 0.3 is 0 Å². The van der Waals surface area contributed by atoms with Crippen LogP contribution in [-0.2, 0) is 5.88 Å². The molecule has 0 unspecified atom stereocenters. The molecule has 2 aromatic rings. The first kappa shape index (κ1) is 11.5. The number of hydrogen-bond acceptors (Lipinski definition) is 4. The maximum atomic E-state index is 10.9. The number of carbonyl (C=O) groups excluding carboxylic acids is 1. The minimum atomic E-state index is -0.461. The molecule has 1 aromatic heterocycles. The first-order valence-electron chi connectivity index (χ1n) is 4.86. The van der Waals surface area contributed by atoms with Crippen molar-refractivity contribution < 1.29 is 9.21 Å². The Balaban J connectivity index is 2.10. The van der Waals surface area contributed by atoms with E-state index in [0.717, 1.165) is 5.69 Å². The monoisotopic (exact) mass is 251 g/mol. The number of benzene rings is 1. The lowest BCUT2D eigenvalue weighted by molar-refractivity contribution is 0.100. The van der Waals surface area contributed by atoms with Crippen LogP contribution in [0.3, 0.4) is 0 Å². The Morgan fingerprint density at radius 2 is 2.12 bits per heavy atom. The number of hydrogen-bond donors (Lipinski definition) is 2. The van der Waals surface area contributed by atoms with Crippen LogP contribution < -0.4 is 11.1 Å². The van der Waals surface area contributed by atoms with E-state index < -0.39 is 5.91 Å². The van der Waals surface area contributed by atoms with Gasteiger partial charge in [0, 0.05) is 11.3 Å².